The van der Waals surface area contributed by atoms with E-state index in [1.54, 1.807) is 7.05 Å². The van der Waals surface area contributed by atoms with E-state index >= 15 is 0 Å². The highest BCUT2D eigenvalue weighted by atomic mass is 32.2. The van der Waals surface area contributed by atoms with Gasteiger partial charge in [-0.25, -0.2) is 0 Å². The first kappa shape index (κ1) is 20.0. The lowest BCUT2D eigenvalue weighted by Crippen LogP contribution is -2.42. The van der Waals surface area contributed by atoms with Crippen molar-refractivity contribution in [2.75, 3.05) is 39.5 Å². The average molecular weight is 374 g/mol. The minimum Gasteiger partial charge on any atom is -0.492 e. The third-order valence-corrected chi connectivity index (χ3v) is 5.11. The van der Waals surface area contributed by atoms with Crippen LogP contribution in [0.15, 0.2) is 65.7 Å². The number of nitrogens with zero attached hydrogens (tertiary/aromatic N) is 2. The molecule has 0 bridgehead atoms. The molecule has 0 saturated heterocycles. The van der Waals surface area contributed by atoms with Crippen molar-refractivity contribution in [2.45, 2.75) is 5.75 Å². The Bertz CT molecular complexity index is 693. The van der Waals surface area contributed by atoms with Crippen LogP contribution in [-0.2, 0) is 16.6 Å². The first-order valence-electron chi connectivity index (χ1n) is 8.67. The molecule has 5 nitrogen and oxygen atoms in total. The molecule has 140 valence electrons. The Morgan fingerprint density at radius 1 is 1.12 bits per heavy atom. The highest BCUT2D eigenvalue weighted by Crippen LogP contribution is 2.07. The highest BCUT2D eigenvalue weighted by Gasteiger charge is 2.07. The predicted octanol–water partition coefficient (Wildman–Crippen LogP) is 2.52. The van der Waals surface area contributed by atoms with Crippen molar-refractivity contribution < 1.29 is 8.95 Å². The van der Waals surface area contributed by atoms with Gasteiger partial charge in [-0.1, -0.05) is 48.5 Å². The number of aliphatic imine (C=N–C) groups is 1. The maximum atomic E-state index is 12.2. The molecule has 1 atom stereocenters. The standard InChI is InChI=1S/C20H27N3O2S/c1-21-20(23(2)14-15-25-19-11-7-4-8-12-19)22-13-16-26(24)17-18-9-5-3-6-10-18/h3-12H,13-17H2,1-2H3,(H,21,22). The van der Waals surface area contributed by atoms with Gasteiger partial charge in [-0.2, -0.15) is 0 Å². The molecule has 1 N–H and O–H groups in total. The van der Waals surface area contributed by atoms with Gasteiger partial charge >= 0.3 is 0 Å². The van der Waals surface area contributed by atoms with Crippen LogP contribution >= 0.6 is 0 Å². The Kier molecular flexibility index (Phi) is 8.69. The fourth-order valence-electron chi connectivity index (χ4n) is 2.42. The molecule has 26 heavy (non-hydrogen) atoms. The quantitative estimate of drug-likeness (QED) is 0.542. The zero-order valence-corrected chi connectivity index (χ0v) is 16.2. The molecule has 0 fully saturated rings. The number of benzene rings is 2. The molecule has 0 aromatic heterocycles. The van der Waals surface area contributed by atoms with E-state index < -0.39 is 10.8 Å². The molecule has 6 heteroatoms. The third kappa shape index (κ3) is 7.27. The molecule has 2 aromatic rings. The zero-order chi connectivity index (χ0) is 18.6. The largest absolute Gasteiger partial charge is 0.492 e. The number of hydrogen-bond donors (Lipinski definition) is 1. The van der Waals surface area contributed by atoms with Crippen molar-refractivity contribution in [1.29, 1.82) is 0 Å². The van der Waals surface area contributed by atoms with Gasteiger partial charge in [-0.15, -0.1) is 0 Å². The summed E-state index contributed by atoms with van der Waals surface area (Å²) in [6, 6.07) is 19.7. The molecule has 1 unspecified atom stereocenters. The van der Waals surface area contributed by atoms with E-state index in [2.05, 4.69) is 10.3 Å². The Balaban J connectivity index is 1.67. The van der Waals surface area contributed by atoms with E-state index in [0.717, 1.165) is 17.3 Å². The second-order valence-electron chi connectivity index (χ2n) is 5.83. The van der Waals surface area contributed by atoms with E-state index in [4.69, 9.17) is 4.74 Å². The molecule has 0 aliphatic rings. The van der Waals surface area contributed by atoms with Gasteiger partial charge in [-0.3, -0.25) is 9.20 Å². The van der Waals surface area contributed by atoms with Gasteiger partial charge in [0.25, 0.3) is 0 Å². The van der Waals surface area contributed by atoms with Crippen LogP contribution in [0, 0.1) is 0 Å². The van der Waals surface area contributed by atoms with Crippen molar-refractivity contribution in [3.05, 3.63) is 66.2 Å². The van der Waals surface area contributed by atoms with Gasteiger partial charge in [-0.05, 0) is 17.7 Å². The maximum Gasteiger partial charge on any atom is 0.193 e. The summed E-state index contributed by atoms with van der Waals surface area (Å²) in [5.74, 6) is 2.81. The second kappa shape index (κ2) is 11.3. The lowest BCUT2D eigenvalue weighted by Gasteiger charge is -2.22. The number of ether oxygens (including phenoxy) is 1. The summed E-state index contributed by atoms with van der Waals surface area (Å²) in [6.07, 6.45) is 0. The summed E-state index contributed by atoms with van der Waals surface area (Å²) in [6.45, 7) is 1.90. The number of nitrogens with one attached hydrogen (secondary N) is 1. The van der Waals surface area contributed by atoms with Gasteiger partial charge in [0.15, 0.2) is 5.96 Å². The molecule has 2 rings (SSSR count). The lowest BCUT2D eigenvalue weighted by molar-refractivity contribution is 0.281. The maximum absolute atomic E-state index is 12.2. The highest BCUT2D eigenvalue weighted by molar-refractivity contribution is 7.84. The minimum absolute atomic E-state index is 0.571. The van der Waals surface area contributed by atoms with Gasteiger partial charge in [0.2, 0.25) is 0 Å². The normalized spacial score (nSPS) is 12.5. The summed E-state index contributed by atoms with van der Waals surface area (Å²) < 4.78 is 17.9. The van der Waals surface area contributed by atoms with E-state index in [0.29, 0.717) is 31.2 Å². The zero-order valence-electron chi connectivity index (χ0n) is 15.4. The molecule has 0 radical (unpaired) electrons. The molecule has 0 saturated carbocycles. The van der Waals surface area contributed by atoms with E-state index in [-0.39, 0.29) is 0 Å². The van der Waals surface area contributed by atoms with Gasteiger partial charge in [0.1, 0.15) is 12.4 Å². The summed E-state index contributed by atoms with van der Waals surface area (Å²) in [5.41, 5.74) is 1.10. The summed E-state index contributed by atoms with van der Waals surface area (Å²) in [4.78, 5) is 6.27. The van der Waals surface area contributed by atoms with Crippen molar-refractivity contribution in [2.24, 2.45) is 4.99 Å². The Hall–Kier alpha value is -2.34. The van der Waals surface area contributed by atoms with E-state index in [9.17, 15) is 4.21 Å². The third-order valence-electron chi connectivity index (χ3n) is 3.80. The monoisotopic (exact) mass is 373 g/mol. The number of guanidine groups is 1. The van der Waals surface area contributed by atoms with Gasteiger partial charge in [0.05, 0.1) is 6.54 Å². The molecule has 0 heterocycles. The number of rotatable bonds is 9. The molecule has 2 aromatic carbocycles. The number of para-hydroxylation sites is 1. The fraction of sp³-hybridized carbons (Fsp3) is 0.350. The van der Waals surface area contributed by atoms with Gasteiger partial charge in [0, 0.05) is 42.9 Å². The van der Waals surface area contributed by atoms with Crippen LogP contribution < -0.4 is 10.1 Å². The van der Waals surface area contributed by atoms with Crippen LogP contribution in [0.1, 0.15) is 5.56 Å². The van der Waals surface area contributed by atoms with Crippen LogP contribution in [0.25, 0.3) is 0 Å². The average Bonchev–Trinajstić information content (AvgIpc) is 2.67. The molecule has 0 spiro atoms. The van der Waals surface area contributed by atoms with Crippen LogP contribution in [0.4, 0.5) is 0 Å². The van der Waals surface area contributed by atoms with Crippen molar-refractivity contribution in [1.82, 2.24) is 10.2 Å². The Morgan fingerprint density at radius 3 is 2.42 bits per heavy atom. The summed E-state index contributed by atoms with van der Waals surface area (Å²) >= 11 is 0. The van der Waals surface area contributed by atoms with E-state index in [1.165, 1.54) is 0 Å². The first-order chi connectivity index (χ1) is 12.7. The lowest BCUT2D eigenvalue weighted by atomic mass is 10.2. The molecule has 0 aliphatic heterocycles. The summed E-state index contributed by atoms with van der Waals surface area (Å²) in [7, 11) is 2.82. The van der Waals surface area contributed by atoms with Crippen LogP contribution in [0.2, 0.25) is 0 Å². The van der Waals surface area contributed by atoms with Crippen molar-refractivity contribution in [3.63, 3.8) is 0 Å². The minimum atomic E-state index is -0.894. The Labute approximate surface area is 158 Å². The SMILES string of the molecule is CN=C(NCCS(=O)Cc1ccccc1)N(C)CCOc1ccccc1. The first-order valence-corrected chi connectivity index (χ1v) is 10.2. The molecular formula is C20H27N3O2S. The van der Waals surface area contributed by atoms with Crippen molar-refractivity contribution in [3.8, 4) is 5.75 Å². The van der Waals surface area contributed by atoms with Gasteiger partial charge < -0.3 is 15.0 Å². The van der Waals surface area contributed by atoms with Crippen molar-refractivity contribution >= 4 is 16.8 Å². The number of likely N-dealkylation sites (N-methyl/N-ethyl adjacent to an activating group) is 1. The van der Waals surface area contributed by atoms with Crippen LogP contribution in [0.3, 0.4) is 0 Å². The van der Waals surface area contributed by atoms with Crippen LogP contribution in [-0.4, -0.2) is 54.6 Å². The fourth-order valence-corrected chi connectivity index (χ4v) is 3.46. The molecular weight excluding hydrogens is 346 g/mol. The Morgan fingerprint density at radius 2 is 1.77 bits per heavy atom. The van der Waals surface area contributed by atoms with Crippen LogP contribution in [0.5, 0.6) is 5.75 Å². The molecule has 0 aliphatic carbocycles. The predicted molar refractivity (Wildman–Crippen MR) is 109 cm³/mol. The number of hydrogen-bond acceptors (Lipinski definition) is 3. The topological polar surface area (TPSA) is 53.9 Å². The summed E-state index contributed by atoms with van der Waals surface area (Å²) in [5, 5.41) is 3.26. The van der Waals surface area contributed by atoms with E-state index in [1.807, 2.05) is 72.6 Å². The second-order valence-corrected chi connectivity index (χ2v) is 7.41. The molecule has 0 amide bonds. The smallest absolute Gasteiger partial charge is 0.193 e.